The Kier molecular flexibility index (Phi) is 16.0. The Morgan fingerprint density at radius 2 is 1.29 bits per heavy atom. The first-order valence-electron chi connectivity index (χ1n) is 9.91. The van der Waals surface area contributed by atoms with Crippen LogP contribution in [0.5, 0.6) is 0 Å². The van der Waals surface area contributed by atoms with Crippen molar-refractivity contribution in [2.75, 3.05) is 13.2 Å². The zero-order valence-electron chi connectivity index (χ0n) is 16.1. The first kappa shape index (κ1) is 22.9. The fourth-order valence-corrected chi connectivity index (χ4v) is 2.30. The fourth-order valence-electron chi connectivity index (χ4n) is 2.30. The Balaban J connectivity index is 3.36. The van der Waals surface area contributed by atoms with E-state index in [1.165, 1.54) is 38.5 Å². The van der Waals surface area contributed by atoms with Gasteiger partial charge < -0.3 is 9.47 Å². The van der Waals surface area contributed by atoms with Crippen LogP contribution in [0.4, 0.5) is 0 Å². The molecule has 24 heavy (non-hydrogen) atoms. The lowest BCUT2D eigenvalue weighted by atomic mass is 10.1. The predicted molar refractivity (Wildman–Crippen MR) is 97.8 cm³/mol. The van der Waals surface area contributed by atoms with Crippen molar-refractivity contribution in [2.45, 2.75) is 97.8 Å². The van der Waals surface area contributed by atoms with E-state index >= 15 is 0 Å². The van der Waals surface area contributed by atoms with Crippen molar-refractivity contribution >= 4 is 11.9 Å². The quantitative estimate of drug-likeness (QED) is 0.277. The second kappa shape index (κ2) is 16.8. The molecule has 0 aliphatic carbocycles. The molecule has 0 saturated heterocycles. The number of carbonyl (C=O) groups excluding carboxylic acids is 2. The smallest absolute Gasteiger partial charge is 0.305 e. The summed E-state index contributed by atoms with van der Waals surface area (Å²) < 4.78 is 10.3. The van der Waals surface area contributed by atoms with Gasteiger partial charge in [0.25, 0.3) is 0 Å². The maximum atomic E-state index is 11.6. The maximum Gasteiger partial charge on any atom is 0.305 e. The Bertz CT molecular complexity index is 315. The zero-order valence-corrected chi connectivity index (χ0v) is 16.1. The van der Waals surface area contributed by atoms with E-state index in [0.717, 1.165) is 19.3 Å². The Morgan fingerprint density at radius 3 is 1.88 bits per heavy atom. The topological polar surface area (TPSA) is 52.6 Å². The van der Waals surface area contributed by atoms with E-state index in [9.17, 15) is 9.59 Å². The third-order valence-corrected chi connectivity index (χ3v) is 4.25. The molecule has 1 unspecified atom stereocenters. The van der Waals surface area contributed by atoms with Crippen molar-refractivity contribution in [1.82, 2.24) is 0 Å². The van der Waals surface area contributed by atoms with Gasteiger partial charge in [0.1, 0.15) is 0 Å². The van der Waals surface area contributed by atoms with E-state index in [2.05, 4.69) is 20.8 Å². The molecule has 142 valence electrons. The minimum atomic E-state index is -0.217. The minimum absolute atomic E-state index is 0.201. The zero-order chi connectivity index (χ0) is 18.0. The number of carbonyl (C=O) groups is 2. The molecule has 0 fully saturated rings. The molecule has 0 heterocycles. The van der Waals surface area contributed by atoms with Gasteiger partial charge in [-0.15, -0.1) is 0 Å². The van der Waals surface area contributed by atoms with Gasteiger partial charge in [-0.25, -0.2) is 0 Å². The molecule has 0 aromatic carbocycles. The van der Waals surface area contributed by atoms with E-state index in [0.29, 0.717) is 38.4 Å². The molecule has 0 radical (unpaired) electrons. The number of unbranched alkanes of at least 4 members (excludes halogenated alkanes) is 7. The van der Waals surface area contributed by atoms with Crippen LogP contribution in [-0.2, 0) is 19.1 Å². The molecule has 1 atom stereocenters. The molecule has 0 saturated carbocycles. The van der Waals surface area contributed by atoms with E-state index < -0.39 is 0 Å². The summed E-state index contributed by atoms with van der Waals surface area (Å²) in [5, 5.41) is 0. The van der Waals surface area contributed by atoms with Gasteiger partial charge in [-0.05, 0) is 18.8 Å². The SMILES string of the molecule is CCCCCCCCCCOC(=O)CCCC(=O)OCC(C)CC. The summed E-state index contributed by atoms with van der Waals surface area (Å²) in [6, 6.07) is 0. The van der Waals surface area contributed by atoms with E-state index in [4.69, 9.17) is 9.47 Å². The monoisotopic (exact) mass is 342 g/mol. The standard InChI is InChI=1S/C20H38O4/c1-4-6-7-8-9-10-11-12-16-23-19(21)14-13-15-20(22)24-17-18(3)5-2/h18H,4-17H2,1-3H3. The molecular formula is C20H38O4. The summed E-state index contributed by atoms with van der Waals surface area (Å²) in [5.41, 5.74) is 0. The molecule has 0 aromatic heterocycles. The van der Waals surface area contributed by atoms with E-state index in [-0.39, 0.29) is 11.9 Å². The lowest BCUT2D eigenvalue weighted by Crippen LogP contribution is -2.12. The Hall–Kier alpha value is -1.06. The summed E-state index contributed by atoms with van der Waals surface area (Å²) in [7, 11) is 0. The third-order valence-electron chi connectivity index (χ3n) is 4.25. The van der Waals surface area contributed by atoms with Gasteiger partial charge in [-0.2, -0.15) is 0 Å². The molecule has 0 aromatic rings. The van der Waals surface area contributed by atoms with Gasteiger partial charge in [-0.3, -0.25) is 9.59 Å². The van der Waals surface area contributed by atoms with E-state index in [1.54, 1.807) is 0 Å². The first-order valence-corrected chi connectivity index (χ1v) is 9.91. The van der Waals surface area contributed by atoms with Crippen molar-refractivity contribution in [3.05, 3.63) is 0 Å². The highest BCUT2D eigenvalue weighted by Gasteiger charge is 2.08. The molecule has 0 amide bonds. The van der Waals surface area contributed by atoms with Gasteiger partial charge in [0.05, 0.1) is 13.2 Å². The van der Waals surface area contributed by atoms with Crippen molar-refractivity contribution in [2.24, 2.45) is 5.92 Å². The van der Waals surface area contributed by atoms with Crippen molar-refractivity contribution in [3.63, 3.8) is 0 Å². The molecule has 0 rings (SSSR count). The van der Waals surface area contributed by atoms with Crippen LogP contribution in [0, 0.1) is 5.92 Å². The molecule has 0 N–H and O–H groups in total. The maximum absolute atomic E-state index is 11.6. The van der Waals surface area contributed by atoms with Gasteiger partial charge in [0, 0.05) is 12.8 Å². The number of rotatable bonds is 16. The highest BCUT2D eigenvalue weighted by atomic mass is 16.5. The van der Waals surface area contributed by atoms with Gasteiger partial charge in [0.15, 0.2) is 0 Å². The fraction of sp³-hybridized carbons (Fsp3) is 0.900. The van der Waals surface area contributed by atoms with Gasteiger partial charge in [0.2, 0.25) is 0 Å². The normalized spacial score (nSPS) is 12.0. The average molecular weight is 343 g/mol. The average Bonchev–Trinajstić information content (AvgIpc) is 2.58. The minimum Gasteiger partial charge on any atom is -0.466 e. The summed E-state index contributed by atoms with van der Waals surface area (Å²) in [6.07, 6.45) is 12.0. The second-order valence-corrected chi connectivity index (χ2v) is 6.75. The van der Waals surface area contributed by atoms with Crippen molar-refractivity contribution in [1.29, 1.82) is 0 Å². The highest BCUT2D eigenvalue weighted by Crippen LogP contribution is 2.09. The summed E-state index contributed by atoms with van der Waals surface area (Å²) in [4.78, 5) is 23.1. The van der Waals surface area contributed by atoms with Crippen molar-refractivity contribution in [3.8, 4) is 0 Å². The lowest BCUT2D eigenvalue weighted by Gasteiger charge is -2.09. The lowest BCUT2D eigenvalue weighted by molar-refractivity contribution is -0.146. The molecular weight excluding hydrogens is 304 g/mol. The number of esters is 2. The summed E-state index contributed by atoms with van der Waals surface area (Å²) in [5.74, 6) is -0.0237. The van der Waals surface area contributed by atoms with Crippen LogP contribution in [0.1, 0.15) is 97.8 Å². The number of ether oxygens (including phenoxy) is 2. The van der Waals surface area contributed by atoms with Crippen LogP contribution in [0.15, 0.2) is 0 Å². The largest absolute Gasteiger partial charge is 0.466 e. The van der Waals surface area contributed by atoms with Crippen LogP contribution in [0.25, 0.3) is 0 Å². The highest BCUT2D eigenvalue weighted by molar-refractivity contribution is 5.72. The third kappa shape index (κ3) is 15.8. The number of hydrogen-bond donors (Lipinski definition) is 0. The van der Waals surface area contributed by atoms with Crippen LogP contribution < -0.4 is 0 Å². The summed E-state index contributed by atoms with van der Waals surface area (Å²) in [6.45, 7) is 7.32. The van der Waals surface area contributed by atoms with E-state index in [1.807, 2.05) is 0 Å². The molecule has 4 heteroatoms. The molecule has 0 bridgehead atoms. The van der Waals surface area contributed by atoms with Crippen molar-refractivity contribution < 1.29 is 19.1 Å². The summed E-state index contributed by atoms with van der Waals surface area (Å²) >= 11 is 0. The van der Waals surface area contributed by atoms with Crippen LogP contribution in [0.3, 0.4) is 0 Å². The second-order valence-electron chi connectivity index (χ2n) is 6.75. The first-order chi connectivity index (χ1) is 11.6. The van der Waals surface area contributed by atoms with Crippen LogP contribution in [-0.4, -0.2) is 25.2 Å². The molecule has 0 spiro atoms. The molecule has 0 aliphatic rings. The number of hydrogen-bond acceptors (Lipinski definition) is 4. The van der Waals surface area contributed by atoms with Gasteiger partial charge >= 0.3 is 11.9 Å². The molecule has 0 aliphatic heterocycles. The Morgan fingerprint density at radius 1 is 0.750 bits per heavy atom. The molecule has 4 nitrogen and oxygen atoms in total. The Labute approximate surface area is 148 Å². The van der Waals surface area contributed by atoms with Gasteiger partial charge in [-0.1, -0.05) is 72.1 Å². The van der Waals surface area contributed by atoms with Crippen LogP contribution in [0.2, 0.25) is 0 Å². The predicted octanol–water partition coefficient (Wildman–Crippen LogP) is 5.43. The van der Waals surface area contributed by atoms with Crippen LogP contribution >= 0.6 is 0 Å².